The molecule has 0 saturated heterocycles. The van der Waals surface area contributed by atoms with Gasteiger partial charge in [-0.1, -0.05) is 0 Å². The summed E-state index contributed by atoms with van der Waals surface area (Å²) in [4.78, 5) is 16.0. The fourth-order valence-electron chi connectivity index (χ4n) is 1.71. The van der Waals surface area contributed by atoms with Crippen LogP contribution in [0, 0.1) is 0 Å². The van der Waals surface area contributed by atoms with Crippen molar-refractivity contribution in [3.05, 3.63) is 28.5 Å². The lowest BCUT2D eigenvalue weighted by Crippen LogP contribution is -2.33. The predicted molar refractivity (Wildman–Crippen MR) is 63.1 cm³/mol. The summed E-state index contributed by atoms with van der Waals surface area (Å²) in [5, 5.41) is 14.8. The maximum absolute atomic E-state index is 10.9. The summed E-state index contributed by atoms with van der Waals surface area (Å²) < 4.78 is 1.67. The van der Waals surface area contributed by atoms with Gasteiger partial charge >= 0.3 is 6.09 Å². The molecule has 0 saturated carbocycles. The van der Waals surface area contributed by atoms with Crippen LogP contribution in [-0.4, -0.2) is 32.1 Å². The van der Waals surface area contributed by atoms with E-state index in [4.69, 9.17) is 5.11 Å². The Kier molecular flexibility index (Phi) is 1.94. The maximum Gasteiger partial charge on any atom is 0.415 e. The van der Waals surface area contributed by atoms with Crippen molar-refractivity contribution in [1.82, 2.24) is 14.7 Å². The van der Waals surface area contributed by atoms with Gasteiger partial charge in [-0.15, -0.1) is 0 Å². The monoisotopic (exact) mass is 228 g/mol. The van der Waals surface area contributed by atoms with Crippen LogP contribution < -0.4 is 10.6 Å². The molecule has 0 aliphatic carbocycles. The van der Waals surface area contributed by atoms with E-state index in [-0.39, 0.29) is 0 Å². The lowest BCUT2D eigenvalue weighted by atomic mass is 10.3. The van der Waals surface area contributed by atoms with Gasteiger partial charge in [-0.25, -0.2) is 9.48 Å². The number of fused-ring (bicyclic) bond motifs is 3. The second-order valence-electron chi connectivity index (χ2n) is 3.53. The Labute approximate surface area is 95.8 Å². The van der Waals surface area contributed by atoms with Gasteiger partial charge < -0.3 is 5.11 Å². The molecule has 2 aliphatic rings. The highest BCUT2D eigenvalue weighted by atomic mass is 16.4. The maximum atomic E-state index is 10.9. The average molecular weight is 228 g/mol. The fraction of sp³-hybridized carbons (Fsp3) is 0. The minimum Gasteiger partial charge on any atom is -0.464 e. The highest BCUT2D eigenvalue weighted by Crippen LogP contribution is 2.02. The SMILES string of the molecule is O=C(O)N1C=Cc2nn3c(c2=C1)=CN=CC=C3. The van der Waals surface area contributed by atoms with E-state index in [0.29, 0.717) is 0 Å². The van der Waals surface area contributed by atoms with E-state index in [9.17, 15) is 4.79 Å². The molecule has 84 valence electrons. The summed E-state index contributed by atoms with van der Waals surface area (Å²) in [6.45, 7) is 0. The van der Waals surface area contributed by atoms with Gasteiger partial charge in [0.15, 0.2) is 0 Å². The van der Waals surface area contributed by atoms with Gasteiger partial charge in [0.2, 0.25) is 0 Å². The lowest BCUT2D eigenvalue weighted by Gasteiger charge is -2.09. The smallest absolute Gasteiger partial charge is 0.415 e. The van der Waals surface area contributed by atoms with Crippen molar-refractivity contribution in [1.29, 1.82) is 0 Å². The number of rotatable bonds is 0. The zero-order valence-electron chi connectivity index (χ0n) is 8.69. The Hall–Kier alpha value is -2.63. The van der Waals surface area contributed by atoms with Crippen LogP contribution in [0.4, 0.5) is 4.79 Å². The molecule has 0 spiro atoms. The van der Waals surface area contributed by atoms with Gasteiger partial charge in [-0.05, 0) is 12.2 Å². The molecule has 0 atom stereocenters. The molecule has 0 radical (unpaired) electrons. The van der Waals surface area contributed by atoms with Crippen LogP contribution >= 0.6 is 0 Å². The first-order chi connectivity index (χ1) is 8.25. The van der Waals surface area contributed by atoms with Crippen LogP contribution in [0.25, 0.3) is 24.7 Å². The molecule has 6 heteroatoms. The fourth-order valence-corrected chi connectivity index (χ4v) is 1.71. The van der Waals surface area contributed by atoms with Crippen LogP contribution in [0.1, 0.15) is 5.69 Å². The zero-order chi connectivity index (χ0) is 11.8. The Bertz CT molecular complexity index is 694. The zero-order valence-corrected chi connectivity index (χ0v) is 8.69. The molecule has 1 aromatic rings. The molecule has 0 bridgehead atoms. The number of carbonyl (C=O) groups is 1. The molecular weight excluding hydrogens is 220 g/mol. The van der Waals surface area contributed by atoms with Crippen molar-refractivity contribution in [2.75, 3.05) is 0 Å². The normalized spacial score (nSPS) is 15.6. The van der Waals surface area contributed by atoms with Crippen molar-refractivity contribution in [3.8, 4) is 0 Å². The van der Waals surface area contributed by atoms with Gasteiger partial charge in [0, 0.05) is 30.0 Å². The molecule has 1 N–H and O–H groups in total. The third-order valence-electron chi connectivity index (χ3n) is 2.49. The topological polar surface area (TPSA) is 70.7 Å². The van der Waals surface area contributed by atoms with Crippen molar-refractivity contribution in [3.63, 3.8) is 0 Å². The van der Waals surface area contributed by atoms with E-state index in [2.05, 4.69) is 10.1 Å². The van der Waals surface area contributed by atoms with E-state index in [0.717, 1.165) is 21.2 Å². The van der Waals surface area contributed by atoms with E-state index in [1.807, 2.05) is 0 Å². The molecule has 17 heavy (non-hydrogen) atoms. The number of allylic oxidation sites excluding steroid dienone is 1. The minimum absolute atomic E-state index is 0.732. The quantitative estimate of drug-likeness (QED) is 0.672. The molecule has 0 unspecified atom stereocenters. The summed E-state index contributed by atoms with van der Waals surface area (Å²) in [7, 11) is 0. The third-order valence-corrected chi connectivity index (χ3v) is 2.49. The van der Waals surface area contributed by atoms with Crippen LogP contribution in [0.2, 0.25) is 0 Å². The summed E-state index contributed by atoms with van der Waals surface area (Å²) in [6, 6.07) is 0. The highest BCUT2D eigenvalue weighted by molar-refractivity contribution is 5.78. The molecule has 1 aromatic heterocycles. The average Bonchev–Trinajstić information content (AvgIpc) is 2.51. The molecule has 6 nitrogen and oxygen atoms in total. The predicted octanol–water partition coefficient (Wildman–Crippen LogP) is -0.122. The molecule has 3 rings (SSSR count). The van der Waals surface area contributed by atoms with Crippen LogP contribution in [0.15, 0.2) is 17.3 Å². The van der Waals surface area contributed by atoms with E-state index in [1.54, 1.807) is 35.4 Å². The third kappa shape index (κ3) is 1.46. The van der Waals surface area contributed by atoms with Gasteiger partial charge in [0.05, 0.1) is 17.2 Å². The van der Waals surface area contributed by atoms with E-state index < -0.39 is 6.09 Å². The Morgan fingerprint density at radius 3 is 3.06 bits per heavy atom. The van der Waals surface area contributed by atoms with Gasteiger partial charge in [-0.3, -0.25) is 9.89 Å². The van der Waals surface area contributed by atoms with Gasteiger partial charge in [0.1, 0.15) is 0 Å². The molecule has 0 fully saturated rings. The van der Waals surface area contributed by atoms with E-state index in [1.165, 1.54) is 12.4 Å². The van der Waals surface area contributed by atoms with Crippen LogP contribution in [0.5, 0.6) is 0 Å². The first-order valence-electron chi connectivity index (χ1n) is 4.96. The van der Waals surface area contributed by atoms with Gasteiger partial charge in [0.25, 0.3) is 0 Å². The standard InChI is InChI=1S/C11H8N4O2/c16-11(17)14-5-2-9-8(7-14)10-6-12-3-1-4-15(10)13-9/h1-7H,(H,16,17). The number of hydrogen-bond acceptors (Lipinski definition) is 3. The second-order valence-corrected chi connectivity index (χ2v) is 3.53. The summed E-state index contributed by atoms with van der Waals surface area (Å²) in [5.74, 6) is 0. The molecular formula is C11H8N4O2. The van der Waals surface area contributed by atoms with Crippen molar-refractivity contribution in [2.24, 2.45) is 4.99 Å². The molecule has 2 aliphatic heterocycles. The number of nitrogens with zero attached hydrogens (tertiary/aromatic N) is 4. The Morgan fingerprint density at radius 2 is 2.24 bits per heavy atom. The highest BCUT2D eigenvalue weighted by Gasteiger charge is 2.13. The van der Waals surface area contributed by atoms with E-state index >= 15 is 0 Å². The van der Waals surface area contributed by atoms with Crippen molar-refractivity contribution in [2.45, 2.75) is 0 Å². The lowest BCUT2D eigenvalue weighted by molar-refractivity contribution is 0.179. The minimum atomic E-state index is -1.03. The first kappa shape index (κ1) is 9.59. The van der Waals surface area contributed by atoms with Crippen molar-refractivity contribution < 1.29 is 9.90 Å². The number of aromatic nitrogens is 2. The number of carboxylic acid groups (broad SMARTS) is 1. The van der Waals surface area contributed by atoms with Crippen molar-refractivity contribution >= 4 is 37.0 Å². The summed E-state index contributed by atoms with van der Waals surface area (Å²) >= 11 is 0. The number of hydrogen-bond donors (Lipinski definition) is 1. The molecule has 0 aromatic carbocycles. The Morgan fingerprint density at radius 1 is 1.35 bits per heavy atom. The number of aliphatic imine (C=N–C) groups is 1. The largest absolute Gasteiger partial charge is 0.464 e. The molecule has 3 heterocycles. The van der Waals surface area contributed by atoms with Crippen LogP contribution in [-0.2, 0) is 0 Å². The molecule has 1 amide bonds. The second kappa shape index (κ2) is 3.44. The first-order valence-corrected chi connectivity index (χ1v) is 4.96. The summed E-state index contributed by atoms with van der Waals surface area (Å²) in [5.41, 5.74) is 0.732. The van der Waals surface area contributed by atoms with Crippen LogP contribution in [0.3, 0.4) is 0 Å². The number of amides is 1. The van der Waals surface area contributed by atoms with Gasteiger partial charge in [-0.2, -0.15) is 5.10 Å². The summed E-state index contributed by atoms with van der Waals surface area (Å²) in [6.07, 6.45) is 10.5. The Balaban J connectivity index is 2.31.